The second-order valence-corrected chi connectivity index (χ2v) is 4.98. The summed E-state index contributed by atoms with van der Waals surface area (Å²) in [7, 11) is 0. The van der Waals surface area contributed by atoms with E-state index in [4.69, 9.17) is 23.2 Å². The van der Waals surface area contributed by atoms with E-state index in [-0.39, 0.29) is 10.3 Å². The van der Waals surface area contributed by atoms with Crippen LogP contribution in [0.4, 0.5) is 4.39 Å². The maximum Gasteiger partial charge on any atom is 0.197 e. The molecule has 1 heterocycles. The molecule has 0 atom stereocenters. The van der Waals surface area contributed by atoms with Gasteiger partial charge in [0.25, 0.3) is 0 Å². The molecule has 0 N–H and O–H groups in total. The first kappa shape index (κ1) is 12.7. The van der Waals surface area contributed by atoms with Gasteiger partial charge in [0.2, 0.25) is 0 Å². The Morgan fingerprint density at radius 3 is 2.29 bits per heavy atom. The van der Waals surface area contributed by atoms with Crippen molar-refractivity contribution < 1.29 is 4.39 Å². The van der Waals surface area contributed by atoms with Crippen LogP contribution in [0.3, 0.4) is 0 Å². The number of aromatic nitrogens is 2. The van der Waals surface area contributed by atoms with Crippen molar-refractivity contribution in [3.05, 3.63) is 44.4 Å². The highest BCUT2D eigenvalue weighted by Crippen LogP contribution is 2.26. The summed E-state index contributed by atoms with van der Waals surface area (Å²) in [5.41, 5.74) is 1.75. The summed E-state index contributed by atoms with van der Waals surface area (Å²) in [4.78, 5) is 7.71. The maximum absolute atomic E-state index is 13.2. The first-order chi connectivity index (χ1) is 7.99. The average molecular weight is 336 g/mol. The normalized spacial score (nSPS) is 10.6. The van der Waals surface area contributed by atoms with Gasteiger partial charge in [0.05, 0.1) is 0 Å². The topological polar surface area (TPSA) is 25.8 Å². The van der Waals surface area contributed by atoms with E-state index in [0.29, 0.717) is 5.82 Å². The van der Waals surface area contributed by atoms with Crippen LogP contribution in [-0.2, 0) is 0 Å². The van der Waals surface area contributed by atoms with Gasteiger partial charge in [0.1, 0.15) is 0 Å². The number of halogens is 4. The zero-order valence-corrected chi connectivity index (χ0v) is 11.7. The van der Waals surface area contributed by atoms with Crippen LogP contribution in [0.1, 0.15) is 5.56 Å². The standard InChI is InChI=1S/C11H6BrCl2FN2/c1-5-4-6(2-3-7(5)12)11-16-9(13)8(15)10(14)17-11/h2-4H,1H3. The highest BCUT2D eigenvalue weighted by Gasteiger charge is 2.12. The summed E-state index contributed by atoms with van der Waals surface area (Å²) >= 11 is 14.6. The van der Waals surface area contributed by atoms with Gasteiger partial charge in [-0.25, -0.2) is 14.4 Å². The Balaban J connectivity index is 2.57. The molecule has 2 nitrogen and oxygen atoms in total. The van der Waals surface area contributed by atoms with E-state index in [1.807, 2.05) is 19.1 Å². The number of nitrogens with zero attached hydrogens (tertiary/aromatic N) is 2. The van der Waals surface area contributed by atoms with Gasteiger partial charge in [0, 0.05) is 10.0 Å². The Labute approximate surface area is 116 Å². The molecule has 0 aliphatic carbocycles. The van der Waals surface area contributed by atoms with Crippen molar-refractivity contribution in [1.29, 1.82) is 0 Å². The number of rotatable bonds is 1. The van der Waals surface area contributed by atoms with Gasteiger partial charge in [-0.1, -0.05) is 45.2 Å². The van der Waals surface area contributed by atoms with Gasteiger partial charge in [0.15, 0.2) is 21.9 Å². The van der Waals surface area contributed by atoms with Gasteiger partial charge in [-0.05, 0) is 24.6 Å². The molecule has 2 rings (SSSR count). The van der Waals surface area contributed by atoms with Crippen molar-refractivity contribution in [2.75, 3.05) is 0 Å². The lowest BCUT2D eigenvalue weighted by Gasteiger charge is -2.05. The van der Waals surface area contributed by atoms with Crippen molar-refractivity contribution in [2.45, 2.75) is 6.92 Å². The largest absolute Gasteiger partial charge is 0.213 e. The quantitative estimate of drug-likeness (QED) is 0.708. The third-order valence-electron chi connectivity index (χ3n) is 2.19. The molecular formula is C11H6BrCl2FN2. The molecule has 0 aliphatic rings. The molecule has 6 heteroatoms. The number of aryl methyl sites for hydroxylation is 1. The molecule has 0 aliphatic heterocycles. The van der Waals surface area contributed by atoms with Crippen molar-refractivity contribution in [1.82, 2.24) is 9.97 Å². The molecule has 0 unspecified atom stereocenters. The SMILES string of the molecule is Cc1cc(-c2nc(Cl)c(F)c(Cl)n2)ccc1Br. The van der Waals surface area contributed by atoms with E-state index in [0.717, 1.165) is 15.6 Å². The Morgan fingerprint density at radius 1 is 1.18 bits per heavy atom. The van der Waals surface area contributed by atoms with Gasteiger partial charge in [-0.3, -0.25) is 0 Å². The molecule has 1 aromatic heterocycles. The van der Waals surface area contributed by atoms with Crippen molar-refractivity contribution in [3.63, 3.8) is 0 Å². The van der Waals surface area contributed by atoms with Crippen LogP contribution < -0.4 is 0 Å². The number of hydrogen-bond acceptors (Lipinski definition) is 2. The molecule has 0 amide bonds. The molecule has 1 aromatic carbocycles. The lowest BCUT2D eigenvalue weighted by molar-refractivity contribution is 0.615. The average Bonchev–Trinajstić information content (AvgIpc) is 2.29. The minimum atomic E-state index is -0.800. The number of hydrogen-bond donors (Lipinski definition) is 0. The fourth-order valence-corrected chi connectivity index (χ4v) is 1.94. The molecular weight excluding hydrogens is 330 g/mol. The van der Waals surface area contributed by atoms with Crippen LogP contribution in [0.5, 0.6) is 0 Å². The minimum Gasteiger partial charge on any atom is -0.213 e. The van der Waals surface area contributed by atoms with Crippen LogP contribution >= 0.6 is 39.1 Å². The van der Waals surface area contributed by atoms with E-state index < -0.39 is 5.82 Å². The molecule has 88 valence electrons. The van der Waals surface area contributed by atoms with Gasteiger partial charge >= 0.3 is 0 Å². The van der Waals surface area contributed by atoms with E-state index in [1.54, 1.807) is 6.07 Å². The first-order valence-corrected chi connectivity index (χ1v) is 6.19. The van der Waals surface area contributed by atoms with Crippen LogP contribution in [0.25, 0.3) is 11.4 Å². The molecule has 0 radical (unpaired) electrons. The smallest absolute Gasteiger partial charge is 0.197 e. The summed E-state index contributed by atoms with van der Waals surface area (Å²) < 4.78 is 14.1. The van der Waals surface area contributed by atoms with Gasteiger partial charge < -0.3 is 0 Å². The monoisotopic (exact) mass is 334 g/mol. The second kappa shape index (κ2) is 4.88. The van der Waals surface area contributed by atoms with Crippen LogP contribution in [-0.4, -0.2) is 9.97 Å². The molecule has 17 heavy (non-hydrogen) atoms. The van der Waals surface area contributed by atoms with Gasteiger partial charge in [-0.2, -0.15) is 0 Å². The fraction of sp³-hybridized carbons (Fsp3) is 0.0909. The molecule has 2 aromatic rings. The Kier molecular flexibility index (Phi) is 3.66. The first-order valence-electron chi connectivity index (χ1n) is 4.64. The van der Waals surface area contributed by atoms with E-state index in [1.165, 1.54) is 0 Å². The zero-order chi connectivity index (χ0) is 12.6. The lowest BCUT2D eigenvalue weighted by atomic mass is 10.1. The maximum atomic E-state index is 13.2. The van der Waals surface area contributed by atoms with Gasteiger partial charge in [-0.15, -0.1) is 0 Å². The summed E-state index contributed by atoms with van der Waals surface area (Å²) in [6, 6.07) is 5.53. The summed E-state index contributed by atoms with van der Waals surface area (Å²) in [5.74, 6) is -0.497. The van der Waals surface area contributed by atoms with E-state index in [2.05, 4.69) is 25.9 Å². The highest BCUT2D eigenvalue weighted by atomic mass is 79.9. The summed E-state index contributed by atoms with van der Waals surface area (Å²) in [5, 5.41) is -0.554. The Morgan fingerprint density at radius 2 is 1.76 bits per heavy atom. The molecule has 0 fully saturated rings. The molecule has 0 saturated carbocycles. The molecule has 0 saturated heterocycles. The second-order valence-electron chi connectivity index (χ2n) is 3.41. The minimum absolute atomic E-state index is 0.277. The zero-order valence-electron chi connectivity index (χ0n) is 8.64. The molecule has 0 bridgehead atoms. The third kappa shape index (κ3) is 2.59. The van der Waals surface area contributed by atoms with Crippen LogP contribution in [0.2, 0.25) is 10.3 Å². The van der Waals surface area contributed by atoms with E-state index in [9.17, 15) is 4.39 Å². The lowest BCUT2D eigenvalue weighted by Crippen LogP contribution is -1.95. The summed E-state index contributed by atoms with van der Waals surface area (Å²) in [6.07, 6.45) is 0. The Bertz CT molecular complexity index is 567. The van der Waals surface area contributed by atoms with Crippen molar-refractivity contribution in [2.24, 2.45) is 0 Å². The predicted molar refractivity (Wildman–Crippen MR) is 69.9 cm³/mol. The number of benzene rings is 1. The Hall–Kier alpha value is -0.710. The van der Waals surface area contributed by atoms with Crippen molar-refractivity contribution >= 4 is 39.1 Å². The third-order valence-corrected chi connectivity index (χ3v) is 3.58. The van der Waals surface area contributed by atoms with Crippen LogP contribution in [0, 0.1) is 12.7 Å². The molecule has 0 spiro atoms. The van der Waals surface area contributed by atoms with Crippen LogP contribution in [0.15, 0.2) is 22.7 Å². The highest BCUT2D eigenvalue weighted by molar-refractivity contribution is 9.10. The van der Waals surface area contributed by atoms with Crippen molar-refractivity contribution in [3.8, 4) is 11.4 Å². The summed E-state index contributed by atoms with van der Waals surface area (Å²) in [6.45, 7) is 1.93. The van der Waals surface area contributed by atoms with E-state index >= 15 is 0 Å². The fourth-order valence-electron chi connectivity index (χ4n) is 1.31. The predicted octanol–water partition coefficient (Wildman–Crippen LogP) is 4.66.